The smallest absolute Gasteiger partial charge is 0.306 e. The van der Waals surface area contributed by atoms with E-state index in [9.17, 15) is 9.59 Å². The Morgan fingerprint density at radius 1 is 1.13 bits per heavy atom. The van der Waals surface area contributed by atoms with Crippen LogP contribution in [0.2, 0.25) is 0 Å². The molecule has 0 bridgehead atoms. The van der Waals surface area contributed by atoms with E-state index in [1.54, 1.807) is 6.26 Å². The molecule has 7 heteroatoms. The fourth-order valence-electron chi connectivity index (χ4n) is 3.42. The van der Waals surface area contributed by atoms with Crippen LogP contribution in [0.1, 0.15) is 39.8 Å². The molecule has 0 unspecified atom stereocenters. The van der Waals surface area contributed by atoms with E-state index in [-0.39, 0.29) is 18.8 Å². The van der Waals surface area contributed by atoms with Crippen LogP contribution in [0, 0.1) is 13.8 Å². The van der Waals surface area contributed by atoms with Gasteiger partial charge in [-0.1, -0.05) is 12.1 Å². The maximum Gasteiger partial charge on any atom is 0.306 e. The van der Waals surface area contributed by atoms with Crippen LogP contribution in [0.15, 0.2) is 57.6 Å². The minimum absolute atomic E-state index is 0.0949. The number of aromatic nitrogens is 2. The number of carbonyl (C=O) groups excluding carboxylic acids is 2. The molecule has 1 aromatic carbocycles. The first-order chi connectivity index (χ1) is 14.5. The van der Waals surface area contributed by atoms with Gasteiger partial charge in [0.05, 0.1) is 19.2 Å². The van der Waals surface area contributed by atoms with Gasteiger partial charge in [0.2, 0.25) is 5.78 Å². The van der Waals surface area contributed by atoms with Crippen molar-refractivity contribution in [3.63, 3.8) is 0 Å². The highest BCUT2D eigenvalue weighted by Crippen LogP contribution is 2.19. The summed E-state index contributed by atoms with van der Waals surface area (Å²) in [5, 5.41) is 0. The summed E-state index contributed by atoms with van der Waals surface area (Å²) in [6, 6.07) is 12.9. The van der Waals surface area contributed by atoms with Gasteiger partial charge in [0.25, 0.3) is 0 Å². The Morgan fingerprint density at radius 3 is 2.73 bits per heavy atom. The summed E-state index contributed by atoms with van der Waals surface area (Å²) in [6.07, 6.45) is 2.03. The Labute approximate surface area is 173 Å². The van der Waals surface area contributed by atoms with Crippen LogP contribution >= 0.6 is 0 Å². The Hall–Kier alpha value is -3.61. The first-order valence-electron chi connectivity index (χ1n) is 9.73. The van der Waals surface area contributed by atoms with Crippen LogP contribution in [0.3, 0.4) is 0 Å². The summed E-state index contributed by atoms with van der Waals surface area (Å²) < 4.78 is 18.2. The molecule has 3 heterocycles. The van der Waals surface area contributed by atoms with Gasteiger partial charge in [0, 0.05) is 23.4 Å². The molecule has 0 atom stereocenters. The number of aryl methyl sites for hydroxylation is 2. The van der Waals surface area contributed by atoms with E-state index in [0.717, 1.165) is 22.7 Å². The van der Waals surface area contributed by atoms with E-state index in [4.69, 9.17) is 13.6 Å². The summed E-state index contributed by atoms with van der Waals surface area (Å²) in [5.74, 6) is 0.585. The number of esters is 1. The Kier molecular flexibility index (Phi) is 5.52. The maximum absolute atomic E-state index is 12.6. The standard InChI is InChI=1S/C23H22N2O5/c1-15-12-18(16(2)25(15)13-17-6-5-11-28-17)20(26)14-29-23(27)10-9-22-24-19-7-3-4-8-21(19)30-22/h3-8,11-12H,9-10,13-14H2,1-2H3. The molecule has 4 aromatic rings. The molecule has 0 radical (unpaired) electrons. The van der Waals surface area contributed by atoms with Crippen molar-refractivity contribution in [2.24, 2.45) is 0 Å². The second-order valence-corrected chi connectivity index (χ2v) is 7.11. The summed E-state index contributed by atoms with van der Waals surface area (Å²) >= 11 is 0. The van der Waals surface area contributed by atoms with Gasteiger partial charge < -0.3 is 18.1 Å². The van der Waals surface area contributed by atoms with E-state index < -0.39 is 5.97 Å². The number of benzene rings is 1. The summed E-state index contributed by atoms with van der Waals surface area (Å²) in [6.45, 7) is 4.05. The summed E-state index contributed by atoms with van der Waals surface area (Å²) in [5.41, 5.74) is 3.73. The molecule has 0 aliphatic heterocycles. The number of nitrogens with zero attached hydrogens (tertiary/aromatic N) is 2. The molecule has 30 heavy (non-hydrogen) atoms. The van der Waals surface area contributed by atoms with Crippen molar-refractivity contribution >= 4 is 22.9 Å². The van der Waals surface area contributed by atoms with Crippen molar-refractivity contribution in [1.82, 2.24) is 9.55 Å². The molecular formula is C23H22N2O5. The van der Waals surface area contributed by atoms with Gasteiger partial charge in [-0.25, -0.2) is 4.98 Å². The number of para-hydroxylation sites is 2. The van der Waals surface area contributed by atoms with Crippen molar-refractivity contribution < 1.29 is 23.2 Å². The molecule has 0 saturated heterocycles. The van der Waals surface area contributed by atoms with Crippen LogP contribution in [0.5, 0.6) is 0 Å². The number of rotatable bonds is 8. The molecule has 4 rings (SSSR count). The molecule has 0 saturated carbocycles. The highest BCUT2D eigenvalue weighted by Gasteiger charge is 2.18. The number of carbonyl (C=O) groups is 2. The van der Waals surface area contributed by atoms with Crippen molar-refractivity contribution in [3.8, 4) is 0 Å². The predicted octanol–water partition coefficient (Wildman–Crippen LogP) is 4.25. The zero-order chi connectivity index (χ0) is 21.1. The largest absolute Gasteiger partial charge is 0.467 e. The third-order valence-electron chi connectivity index (χ3n) is 5.01. The monoisotopic (exact) mass is 406 g/mol. The third-order valence-corrected chi connectivity index (χ3v) is 5.01. The van der Waals surface area contributed by atoms with Crippen molar-refractivity contribution in [3.05, 3.63) is 77.3 Å². The average Bonchev–Trinajstić information content (AvgIpc) is 3.46. The molecule has 0 fully saturated rings. The lowest BCUT2D eigenvalue weighted by molar-refractivity contribution is -0.142. The number of hydrogen-bond acceptors (Lipinski definition) is 6. The lowest BCUT2D eigenvalue weighted by atomic mass is 10.1. The second kappa shape index (κ2) is 8.41. The average molecular weight is 406 g/mol. The molecule has 0 aliphatic rings. The minimum Gasteiger partial charge on any atom is -0.467 e. The summed E-state index contributed by atoms with van der Waals surface area (Å²) in [4.78, 5) is 29.0. The first kappa shape index (κ1) is 19.7. The van der Waals surface area contributed by atoms with Crippen LogP contribution in [0.4, 0.5) is 0 Å². The number of ketones is 1. The Bertz CT molecular complexity index is 1150. The van der Waals surface area contributed by atoms with Crippen LogP contribution < -0.4 is 0 Å². The van der Waals surface area contributed by atoms with E-state index in [0.29, 0.717) is 30.0 Å². The lowest BCUT2D eigenvalue weighted by Gasteiger charge is -2.08. The topological polar surface area (TPSA) is 87.5 Å². The summed E-state index contributed by atoms with van der Waals surface area (Å²) in [7, 11) is 0. The van der Waals surface area contributed by atoms with Crippen LogP contribution in [-0.2, 0) is 22.5 Å². The van der Waals surface area contributed by atoms with Crippen molar-refractivity contribution in [2.75, 3.05) is 6.61 Å². The molecule has 0 spiro atoms. The van der Waals surface area contributed by atoms with Gasteiger partial charge >= 0.3 is 5.97 Å². The van der Waals surface area contributed by atoms with E-state index in [1.165, 1.54) is 0 Å². The molecule has 0 amide bonds. The first-order valence-corrected chi connectivity index (χ1v) is 9.73. The molecule has 0 N–H and O–H groups in total. The number of oxazole rings is 1. The highest BCUT2D eigenvalue weighted by atomic mass is 16.5. The fraction of sp³-hybridized carbons (Fsp3) is 0.261. The van der Waals surface area contributed by atoms with Crippen LogP contribution in [0.25, 0.3) is 11.1 Å². The quantitative estimate of drug-likeness (QED) is 0.321. The maximum atomic E-state index is 12.6. The molecule has 3 aromatic heterocycles. The van der Waals surface area contributed by atoms with Gasteiger partial charge in [0.1, 0.15) is 11.3 Å². The number of Topliss-reactive ketones (excluding diaryl/α,β-unsaturated/α-hetero) is 1. The SMILES string of the molecule is Cc1cc(C(=O)COC(=O)CCc2nc3ccccc3o2)c(C)n1Cc1ccco1. The number of ether oxygens (including phenoxy) is 1. The molecule has 154 valence electrons. The van der Waals surface area contributed by atoms with E-state index >= 15 is 0 Å². The van der Waals surface area contributed by atoms with Gasteiger partial charge in [-0.2, -0.15) is 0 Å². The number of hydrogen-bond donors (Lipinski definition) is 0. The van der Waals surface area contributed by atoms with Gasteiger partial charge in [-0.15, -0.1) is 0 Å². The van der Waals surface area contributed by atoms with Crippen LogP contribution in [-0.4, -0.2) is 27.9 Å². The number of furan rings is 1. The zero-order valence-corrected chi connectivity index (χ0v) is 16.9. The normalized spacial score (nSPS) is 11.1. The molecule has 0 aliphatic carbocycles. The Morgan fingerprint density at radius 2 is 1.97 bits per heavy atom. The second-order valence-electron chi connectivity index (χ2n) is 7.11. The van der Waals surface area contributed by atoms with Gasteiger partial charge in [-0.05, 0) is 44.2 Å². The number of fused-ring (bicyclic) bond motifs is 1. The van der Waals surface area contributed by atoms with E-state index in [1.807, 2.05) is 60.9 Å². The van der Waals surface area contributed by atoms with Crippen molar-refractivity contribution in [2.45, 2.75) is 33.2 Å². The molecule has 7 nitrogen and oxygen atoms in total. The minimum atomic E-state index is -0.463. The van der Waals surface area contributed by atoms with Crippen molar-refractivity contribution in [1.29, 1.82) is 0 Å². The zero-order valence-electron chi connectivity index (χ0n) is 16.9. The molecular weight excluding hydrogens is 384 g/mol. The fourth-order valence-corrected chi connectivity index (χ4v) is 3.42. The predicted molar refractivity (Wildman–Crippen MR) is 109 cm³/mol. The van der Waals surface area contributed by atoms with Gasteiger partial charge in [-0.3, -0.25) is 9.59 Å². The third kappa shape index (κ3) is 4.20. The highest BCUT2D eigenvalue weighted by molar-refractivity contribution is 5.99. The van der Waals surface area contributed by atoms with Gasteiger partial charge in [0.15, 0.2) is 18.1 Å². The van der Waals surface area contributed by atoms with E-state index in [2.05, 4.69) is 4.98 Å². The lowest BCUT2D eigenvalue weighted by Crippen LogP contribution is -2.15. The Balaban J connectivity index is 1.32.